The van der Waals surface area contributed by atoms with Crippen LogP contribution < -0.4 is 14.8 Å². The van der Waals surface area contributed by atoms with Gasteiger partial charge in [0.05, 0.1) is 12.9 Å². The van der Waals surface area contributed by atoms with Gasteiger partial charge in [-0.1, -0.05) is 29.4 Å². The number of carbonyl (C=O) groups is 1. The smallest absolute Gasteiger partial charge is 0.234 e. The zero-order chi connectivity index (χ0) is 20.6. The number of hydrogen-bond donors (Lipinski definition) is 1. The second-order valence-corrected chi connectivity index (χ2v) is 7.33. The Hall–Kier alpha value is -2.71. The maximum atomic E-state index is 12.2. The molecule has 0 atom stereocenters. The molecule has 0 aliphatic heterocycles. The van der Waals surface area contributed by atoms with Crippen molar-refractivity contribution in [1.82, 2.24) is 14.8 Å². The number of rotatable bonds is 9. The highest BCUT2D eigenvalue weighted by Crippen LogP contribution is 2.21. The molecule has 0 radical (unpaired) electrons. The fraction of sp³-hybridized carbons (Fsp3) is 0.250. The van der Waals surface area contributed by atoms with Gasteiger partial charge in [0.2, 0.25) is 5.91 Å². The van der Waals surface area contributed by atoms with E-state index in [2.05, 4.69) is 15.5 Å². The van der Waals surface area contributed by atoms with E-state index in [-0.39, 0.29) is 18.3 Å². The van der Waals surface area contributed by atoms with Crippen LogP contribution in [0.5, 0.6) is 11.5 Å². The van der Waals surface area contributed by atoms with Crippen LogP contribution in [0.4, 0.5) is 5.69 Å². The number of nitrogens with zero attached hydrogens (tertiary/aromatic N) is 3. The van der Waals surface area contributed by atoms with Gasteiger partial charge < -0.3 is 19.4 Å². The Balaban J connectivity index is 1.56. The summed E-state index contributed by atoms with van der Waals surface area (Å²) >= 11 is 7.26. The van der Waals surface area contributed by atoms with Crippen molar-refractivity contribution in [3.63, 3.8) is 0 Å². The predicted octanol–water partition coefficient (Wildman–Crippen LogP) is 4.27. The maximum absolute atomic E-state index is 12.2. The summed E-state index contributed by atoms with van der Waals surface area (Å²) in [7, 11) is 1.62. The van der Waals surface area contributed by atoms with Crippen LogP contribution in [-0.2, 0) is 17.9 Å². The second-order valence-electron chi connectivity index (χ2n) is 5.95. The number of halogens is 1. The third-order valence-corrected chi connectivity index (χ3v) is 5.18. The summed E-state index contributed by atoms with van der Waals surface area (Å²) in [5.74, 6) is 2.25. The van der Waals surface area contributed by atoms with E-state index in [1.165, 1.54) is 11.8 Å². The average Bonchev–Trinajstić information content (AvgIpc) is 3.13. The lowest BCUT2D eigenvalue weighted by Crippen LogP contribution is -2.14. The minimum Gasteiger partial charge on any atom is -0.497 e. The van der Waals surface area contributed by atoms with Crippen LogP contribution in [0, 0.1) is 0 Å². The number of carbonyl (C=O) groups excluding carboxylic acids is 1. The van der Waals surface area contributed by atoms with Gasteiger partial charge in [0, 0.05) is 17.3 Å². The molecule has 0 saturated carbocycles. The van der Waals surface area contributed by atoms with Crippen LogP contribution in [0.15, 0.2) is 53.7 Å². The van der Waals surface area contributed by atoms with E-state index in [4.69, 9.17) is 21.1 Å². The summed E-state index contributed by atoms with van der Waals surface area (Å²) in [5, 5.41) is 12.5. The van der Waals surface area contributed by atoms with Crippen LogP contribution >= 0.6 is 23.4 Å². The predicted molar refractivity (Wildman–Crippen MR) is 114 cm³/mol. The van der Waals surface area contributed by atoms with Gasteiger partial charge in [-0.3, -0.25) is 4.79 Å². The number of aromatic nitrogens is 3. The van der Waals surface area contributed by atoms with Crippen molar-refractivity contribution < 1.29 is 14.3 Å². The van der Waals surface area contributed by atoms with Crippen molar-refractivity contribution in [2.45, 2.75) is 25.2 Å². The highest BCUT2D eigenvalue weighted by molar-refractivity contribution is 7.99. The van der Waals surface area contributed by atoms with Crippen LogP contribution in [0.3, 0.4) is 0 Å². The summed E-state index contributed by atoms with van der Waals surface area (Å²) in [5.41, 5.74) is 0.661. The third kappa shape index (κ3) is 5.88. The minimum atomic E-state index is -0.140. The Morgan fingerprint density at radius 1 is 1.17 bits per heavy atom. The summed E-state index contributed by atoms with van der Waals surface area (Å²) in [6, 6.07) is 14.4. The molecule has 1 heterocycles. The number of ether oxygens (including phenoxy) is 2. The van der Waals surface area contributed by atoms with Gasteiger partial charge in [-0.25, -0.2) is 0 Å². The van der Waals surface area contributed by atoms with Gasteiger partial charge in [-0.2, -0.15) is 0 Å². The van der Waals surface area contributed by atoms with Crippen LogP contribution in [0.1, 0.15) is 12.7 Å². The molecule has 0 fully saturated rings. The van der Waals surface area contributed by atoms with Gasteiger partial charge in [-0.05, 0) is 49.4 Å². The molecule has 0 bridgehead atoms. The molecule has 0 aliphatic rings. The number of anilines is 1. The molecular weight excluding hydrogens is 412 g/mol. The van der Waals surface area contributed by atoms with Crippen molar-refractivity contribution in [2.24, 2.45) is 0 Å². The Morgan fingerprint density at radius 2 is 1.93 bits per heavy atom. The quantitative estimate of drug-likeness (QED) is 0.509. The monoisotopic (exact) mass is 432 g/mol. The molecular formula is C20H21ClN4O3S. The van der Waals surface area contributed by atoms with E-state index in [0.29, 0.717) is 34.0 Å². The summed E-state index contributed by atoms with van der Waals surface area (Å²) < 4.78 is 12.9. The van der Waals surface area contributed by atoms with Crippen LogP contribution in [-0.4, -0.2) is 33.5 Å². The number of hydrogen-bond acceptors (Lipinski definition) is 6. The normalized spacial score (nSPS) is 10.6. The molecule has 1 aromatic heterocycles. The number of nitrogens with one attached hydrogen (secondary N) is 1. The standard InChI is InChI=1S/C20H21ClN4O3S/c1-3-25-18(12-28-17-9-7-16(27-2)8-10-17)23-24-20(25)29-13-19(26)22-15-6-4-5-14(21)11-15/h4-11H,3,12-13H2,1-2H3,(H,22,26). The number of benzene rings is 2. The topological polar surface area (TPSA) is 78.3 Å². The van der Waals surface area contributed by atoms with Gasteiger partial charge in [0.25, 0.3) is 0 Å². The summed E-state index contributed by atoms with van der Waals surface area (Å²) in [4.78, 5) is 12.2. The van der Waals surface area contributed by atoms with Crippen molar-refractivity contribution in [3.8, 4) is 11.5 Å². The van der Waals surface area contributed by atoms with E-state index < -0.39 is 0 Å². The van der Waals surface area contributed by atoms with E-state index in [1.54, 1.807) is 31.4 Å². The van der Waals surface area contributed by atoms with Crippen LogP contribution in [0.2, 0.25) is 5.02 Å². The lowest BCUT2D eigenvalue weighted by atomic mass is 10.3. The van der Waals surface area contributed by atoms with Gasteiger partial charge in [0.15, 0.2) is 11.0 Å². The Kier molecular flexibility index (Phi) is 7.37. The van der Waals surface area contributed by atoms with E-state index in [0.717, 1.165) is 5.75 Å². The first-order valence-electron chi connectivity index (χ1n) is 8.96. The van der Waals surface area contributed by atoms with Crippen molar-refractivity contribution in [1.29, 1.82) is 0 Å². The maximum Gasteiger partial charge on any atom is 0.234 e. The summed E-state index contributed by atoms with van der Waals surface area (Å²) in [6.07, 6.45) is 0. The highest BCUT2D eigenvalue weighted by atomic mass is 35.5. The highest BCUT2D eigenvalue weighted by Gasteiger charge is 2.14. The molecule has 0 spiro atoms. The molecule has 2 aromatic carbocycles. The van der Waals surface area contributed by atoms with Gasteiger partial charge in [0.1, 0.15) is 18.1 Å². The zero-order valence-electron chi connectivity index (χ0n) is 16.1. The molecule has 0 aliphatic carbocycles. The molecule has 1 N–H and O–H groups in total. The Bertz CT molecular complexity index is 963. The molecule has 0 unspecified atom stereocenters. The van der Waals surface area contributed by atoms with E-state index in [9.17, 15) is 4.79 Å². The molecule has 1 amide bonds. The number of amides is 1. The fourth-order valence-electron chi connectivity index (χ4n) is 2.56. The molecule has 3 rings (SSSR count). The largest absolute Gasteiger partial charge is 0.497 e. The lowest BCUT2D eigenvalue weighted by Gasteiger charge is -2.09. The first-order chi connectivity index (χ1) is 14.1. The minimum absolute atomic E-state index is 0.140. The molecule has 29 heavy (non-hydrogen) atoms. The zero-order valence-corrected chi connectivity index (χ0v) is 17.7. The molecule has 9 heteroatoms. The van der Waals surface area contributed by atoms with E-state index >= 15 is 0 Å². The second kappa shape index (κ2) is 10.2. The van der Waals surface area contributed by atoms with Crippen molar-refractivity contribution in [2.75, 3.05) is 18.2 Å². The fourth-order valence-corrected chi connectivity index (χ4v) is 3.57. The molecule has 152 valence electrons. The third-order valence-electron chi connectivity index (χ3n) is 3.98. The molecule has 3 aromatic rings. The first kappa shape index (κ1) is 21.0. The molecule has 7 nitrogen and oxygen atoms in total. The van der Waals surface area contributed by atoms with Crippen LogP contribution in [0.25, 0.3) is 0 Å². The number of methoxy groups -OCH3 is 1. The molecule has 0 saturated heterocycles. The first-order valence-corrected chi connectivity index (χ1v) is 10.3. The van der Waals surface area contributed by atoms with Crippen molar-refractivity contribution in [3.05, 3.63) is 59.4 Å². The van der Waals surface area contributed by atoms with Gasteiger partial charge >= 0.3 is 0 Å². The average molecular weight is 433 g/mol. The number of thioether (sulfide) groups is 1. The van der Waals surface area contributed by atoms with Gasteiger partial charge in [-0.15, -0.1) is 10.2 Å². The lowest BCUT2D eigenvalue weighted by molar-refractivity contribution is -0.113. The van der Waals surface area contributed by atoms with E-state index in [1.807, 2.05) is 35.8 Å². The van der Waals surface area contributed by atoms with Crippen molar-refractivity contribution >= 4 is 35.0 Å². The summed E-state index contributed by atoms with van der Waals surface area (Å²) in [6.45, 7) is 2.95. The SMILES string of the molecule is CCn1c(COc2ccc(OC)cc2)nnc1SCC(=O)Nc1cccc(Cl)c1. The Labute approximate surface area is 178 Å². The Morgan fingerprint density at radius 3 is 2.62 bits per heavy atom.